The van der Waals surface area contributed by atoms with Crippen molar-refractivity contribution < 1.29 is 0 Å². The largest absolute Gasteiger partial charge is 0.314 e. The fourth-order valence-corrected chi connectivity index (χ4v) is 3.35. The molecule has 1 unspecified atom stereocenters. The van der Waals surface area contributed by atoms with E-state index in [2.05, 4.69) is 43.4 Å². The maximum absolute atomic E-state index is 3.57. The Morgan fingerprint density at radius 3 is 2.67 bits per heavy atom. The van der Waals surface area contributed by atoms with Crippen LogP contribution in [-0.4, -0.2) is 18.3 Å². The van der Waals surface area contributed by atoms with Crippen molar-refractivity contribution in [2.75, 3.05) is 12.3 Å². The van der Waals surface area contributed by atoms with E-state index in [9.17, 15) is 0 Å². The molecule has 0 aromatic heterocycles. The molecule has 1 saturated heterocycles. The van der Waals surface area contributed by atoms with Gasteiger partial charge >= 0.3 is 0 Å². The van der Waals surface area contributed by atoms with Gasteiger partial charge in [0.2, 0.25) is 0 Å². The zero-order chi connectivity index (χ0) is 12.8. The number of hydrogen-bond donors (Lipinski definition) is 1. The molecule has 1 heterocycles. The van der Waals surface area contributed by atoms with Crippen LogP contribution in [-0.2, 0) is 0 Å². The summed E-state index contributed by atoms with van der Waals surface area (Å²) in [6.45, 7) is 5.72. The minimum Gasteiger partial charge on any atom is -0.314 e. The van der Waals surface area contributed by atoms with Crippen LogP contribution in [0, 0.1) is 0 Å². The molecule has 1 N–H and O–H groups in total. The Hall–Kier alpha value is -0.470. The molecule has 2 heteroatoms. The summed E-state index contributed by atoms with van der Waals surface area (Å²) in [4.78, 5) is 1.42. The van der Waals surface area contributed by atoms with Gasteiger partial charge in [-0.05, 0) is 61.6 Å². The van der Waals surface area contributed by atoms with Crippen molar-refractivity contribution in [1.82, 2.24) is 5.32 Å². The van der Waals surface area contributed by atoms with E-state index in [0.717, 1.165) is 6.04 Å². The maximum atomic E-state index is 3.57. The highest BCUT2D eigenvalue weighted by Gasteiger charge is 2.12. The molecule has 1 nitrogen and oxygen atoms in total. The molecule has 0 aliphatic carbocycles. The van der Waals surface area contributed by atoms with Gasteiger partial charge < -0.3 is 5.32 Å². The predicted octanol–water partition coefficient (Wildman–Crippen LogP) is 4.43. The van der Waals surface area contributed by atoms with Crippen molar-refractivity contribution >= 4 is 11.8 Å². The smallest absolute Gasteiger partial charge is 0.00721 e. The minimum atomic E-state index is 0.637. The molecule has 1 aliphatic heterocycles. The van der Waals surface area contributed by atoms with Crippen LogP contribution < -0.4 is 5.32 Å². The van der Waals surface area contributed by atoms with Gasteiger partial charge in [0.05, 0.1) is 0 Å². The number of nitrogens with one attached hydrogen (secondary N) is 1. The fraction of sp³-hybridized carbons (Fsp3) is 0.625. The molecular weight excluding hydrogens is 238 g/mol. The summed E-state index contributed by atoms with van der Waals surface area (Å²) in [5.74, 6) is 1.89. The Balaban J connectivity index is 1.66. The molecule has 0 saturated carbocycles. The zero-order valence-electron chi connectivity index (χ0n) is 11.6. The molecule has 1 aromatic rings. The average molecular weight is 263 g/mol. The molecule has 1 fully saturated rings. The van der Waals surface area contributed by atoms with E-state index in [1.165, 1.54) is 48.4 Å². The molecule has 100 valence electrons. The van der Waals surface area contributed by atoms with Gasteiger partial charge in [0, 0.05) is 10.9 Å². The molecule has 0 bridgehead atoms. The van der Waals surface area contributed by atoms with Crippen LogP contribution in [0.4, 0.5) is 0 Å². The highest BCUT2D eigenvalue weighted by atomic mass is 32.2. The summed E-state index contributed by atoms with van der Waals surface area (Å²) >= 11 is 2.00. The van der Waals surface area contributed by atoms with Gasteiger partial charge in [0.15, 0.2) is 0 Å². The van der Waals surface area contributed by atoms with Crippen molar-refractivity contribution in [2.24, 2.45) is 0 Å². The van der Waals surface area contributed by atoms with Crippen LogP contribution in [0.1, 0.15) is 51.0 Å². The van der Waals surface area contributed by atoms with Crippen LogP contribution in [0.5, 0.6) is 0 Å². The summed E-state index contributed by atoms with van der Waals surface area (Å²) in [5, 5.41) is 3.57. The summed E-state index contributed by atoms with van der Waals surface area (Å²) in [6.07, 6.45) is 5.42. The van der Waals surface area contributed by atoms with E-state index >= 15 is 0 Å². The average Bonchev–Trinajstić information content (AvgIpc) is 2.88. The first-order valence-corrected chi connectivity index (χ1v) is 8.20. The normalized spacial score (nSPS) is 19.6. The van der Waals surface area contributed by atoms with E-state index in [1.54, 1.807) is 0 Å². The quantitative estimate of drug-likeness (QED) is 0.602. The molecule has 18 heavy (non-hydrogen) atoms. The van der Waals surface area contributed by atoms with Gasteiger partial charge in [0.1, 0.15) is 0 Å². The third kappa shape index (κ3) is 4.33. The lowest BCUT2D eigenvalue weighted by Gasteiger charge is -2.10. The third-order valence-corrected chi connectivity index (χ3v) is 4.77. The Morgan fingerprint density at radius 2 is 2.06 bits per heavy atom. The number of benzene rings is 1. The second kappa shape index (κ2) is 7.20. The third-order valence-electron chi connectivity index (χ3n) is 3.67. The lowest BCUT2D eigenvalue weighted by molar-refractivity contribution is 0.553. The highest BCUT2D eigenvalue weighted by Crippen LogP contribution is 2.23. The Morgan fingerprint density at radius 1 is 1.28 bits per heavy atom. The summed E-state index contributed by atoms with van der Waals surface area (Å²) in [7, 11) is 0. The lowest BCUT2D eigenvalue weighted by Crippen LogP contribution is -2.20. The lowest BCUT2D eigenvalue weighted by atomic mass is 10.0. The van der Waals surface area contributed by atoms with Gasteiger partial charge in [-0.2, -0.15) is 0 Å². The molecular formula is C16H25NS. The Bertz CT molecular complexity index is 339. The second-order valence-electron chi connectivity index (χ2n) is 5.51. The van der Waals surface area contributed by atoms with Crippen molar-refractivity contribution in [3.05, 3.63) is 29.8 Å². The van der Waals surface area contributed by atoms with E-state index in [4.69, 9.17) is 0 Å². The number of hydrogen-bond acceptors (Lipinski definition) is 2. The van der Waals surface area contributed by atoms with Crippen molar-refractivity contribution in [2.45, 2.75) is 56.4 Å². The SMILES string of the molecule is CC(C)c1ccc(SCCCC2CCCN2)cc1. The standard InChI is InChI=1S/C16H25NS/c1-13(2)14-7-9-16(10-8-14)18-12-4-6-15-5-3-11-17-15/h7-10,13,15,17H,3-6,11-12H2,1-2H3. The Labute approximate surface area is 116 Å². The minimum absolute atomic E-state index is 0.637. The molecule has 1 atom stereocenters. The highest BCUT2D eigenvalue weighted by molar-refractivity contribution is 7.99. The van der Waals surface area contributed by atoms with Gasteiger partial charge in [-0.3, -0.25) is 0 Å². The van der Waals surface area contributed by atoms with E-state index in [0.29, 0.717) is 5.92 Å². The molecule has 2 rings (SSSR count). The molecule has 1 aromatic carbocycles. The van der Waals surface area contributed by atoms with Gasteiger partial charge in [-0.25, -0.2) is 0 Å². The molecule has 0 spiro atoms. The van der Waals surface area contributed by atoms with E-state index < -0.39 is 0 Å². The van der Waals surface area contributed by atoms with Crippen molar-refractivity contribution in [1.29, 1.82) is 0 Å². The topological polar surface area (TPSA) is 12.0 Å². The van der Waals surface area contributed by atoms with Crippen molar-refractivity contribution in [3.8, 4) is 0 Å². The van der Waals surface area contributed by atoms with Gasteiger partial charge in [-0.1, -0.05) is 26.0 Å². The summed E-state index contributed by atoms with van der Waals surface area (Å²) in [6, 6.07) is 9.88. The van der Waals surface area contributed by atoms with Crippen LogP contribution >= 0.6 is 11.8 Å². The Kier molecular flexibility index (Phi) is 5.58. The molecule has 0 amide bonds. The van der Waals surface area contributed by atoms with Crippen LogP contribution in [0.3, 0.4) is 0 Å². The van der Waals surface area contributed by atoms with Crippen LogP contribution in [0.2, 0.25) is 0 Å². The van der Waals surface area contributed by atoms with Crippen LogP contribution in [0.15, 0.2) is 29.2 Å². The number of thioether (sulfide) groups is 1. The predicted molar refractivity (Wildman–Crippen MR) is 81.5 cm³/mol. The second-order valence-corrected chi connectivity index (χ2v) is 6.68. The fourth-order valence-electron chi connectivity index (χ4n) is 2.47. The van der Waals surface area contributed by atoms with E-state index in [1.807, 2.05) is 11.8 Å². The molecule has 0 radical (unpaired) electrons. The zero-order valence-corrected chi connectivity index (χ0v) is 12.4. The van der Waals surface area contributed by atoms with Crippen molar-refractivity contribution in [3.63, 3.8) is 0 Å². The maximum Gasteiger partial charge on any atom is 0.00721 e. The number of rotatable bonds is 6. The first-order valence-electron chi connectivity index (χ1n) is 7.22. The summed E-state index contributed by atoms with van der Waals surface area (Å²) < 4.78 is 0. The first-order chi connectivity index (χ1) is 8.75. The van der Waals surface area contributed by atoms with Gasteiger partial charge in [-0.15, -0.1) is 11.8 Å². The molecule has 1 aliphatic rings. The first kappa shape index (κ1) is 14.0. The van der Waals surface area contributed by atoms with Gasteiger partial charge in [0.25, 0.3) is 0 Å². The van der Waals surface area contributed by atoms with E-state index in [-0.39, 0.29) is 0 Å². The monoisotopic (exact) mass is 263 g/mol. The van der Waals surface area contributed by atoms with Crippen LogP contribution in [0.25, 0.3) is 0 Å². The summed E-state index contributed by atoms with van der Waals surface area (Å²) in [5.41, 5.74) is 1.44.